The third-order valence-electron chi connectivity index (χ3n) is 4.65. The summed E-state index contributed by atoms with van der Waals surface area (Å²) in [6.45, 7) is 3.95. The number of likely N-dealkylation sites (N-methyl/N-ethyl adjacent to an activating group) is 1. The zero-order valence-corrected chi connectivity index (χ0v) is 16.7. The SMILES string of the molecule is CCOC(=O)c1ccc(N(C)CC(=O)N2c3ccccc3NC(=O)C[C@@H]2C)nc1. The van der Waals surface area contributed by atoms with Crippen LogP contribution in [0.1, 0.15) is 30.6 Å². The van der Waals surface area contributed by atoms with Gasteiger partial charge in [0.1, 0.15) is 5.82 Å². The Labute approximate surface area is 169 Å². The zero-order valence-electron chi connectivity index (χ0n) is 16.7. The number of para-hydroxylation sites is 2. The molecule has 3 rings (SSSR count). The predicted octanol–water partition coefficient (Wildman–Crippen LogP) is 2.46. The highest BCUT2D eigenvalue weighted by atomic mass is 16.5. The van der Waals surface area contributed by atoms with Crippen LogP contribution in [0.15, 0.2) is 42.6 Å². The van der Waals surface area contributed by atoms with Crippen LogP contribution in [-0.4, -0.2) is 49.0 Å². The molecule has 8 heteroatoms. The predicted molar refractivity (Wildman–Crippen MR) is 110 cm³/mol. The van der Waals surface area contributed by atoms with Gasteiger partial charge >= 0.3 is 5.97 Å². The standard InChI is InChI=1S/C21H24N4O4/c1-4-29-21(28)15-9-10-18(22-12-15)24(3)13-20(27)25-14(2)11-19(26)23-16-7-5-6-8-17(16)25/h5-10,12,14H,4,11,13H2,1-3H3,(H,23,26)/t14-/m0/s1. The third kappa shape index (κ3) is 4.53. The number of ether oxygens (including phenoxy) is 1. The Kier molecular flexibility index (Phi) is 6.11. The van der Waals surface area contributed by atoms with Gasteiger partial charge in [0.25, 0.3) is 0 Å². The van der Waals surface area contributed by atoms with Crippen LogP contribution >= 0.6 is 0 Å². The lowest BCUT2D eigenvalue weighted by atomic mass is 10.1. The smallest absolute Gasteiger partial charge is 0.339 e. The lowest BCUT2D eigenvalue weighted by Crippen LogP contribution is -2.44. The van der Waals surface area contributed by atoms with E-state index in [1.54, 1.807) is 42.0 Å². The monoisotopic (exact) mass is 396 g/mol. The molecular weight excluding hydrogens is 372 g/mol. The van der Waals surface area contributed by atoms with E-state index >= 15 is 0 Å². The normalized spacial score (nSPS) is 15.8. The number of amides is 2. The summed E-state index contributed by atoms with van der Waals surface area (Å²) in [7, 11) is 1.75. The maximum atomic E-state index is 13.1. The lowest BCUT2D eigenvalue weighted by Gasteiger charge is -2.30. The summed E-state index contributed by atoms with van der Waals surface area (Å²) in [6.07, 6.45) is 1.65. The number of carbonyl (C=O) groups excluding carboxylic acids is 3. The molecule has 0 aliphatic carbocycles. The highest BCUT2D eigenvalue weighted by molar-refractivity contribution is 6.05. The van der Waals surface area contributed by atoms with Gasteiger partial charge in [0.2, 0.25) is 11.8 Å². The van der Waals surface area contributed by atoms with Crippen LogP contribution in [0.25, 0.3) is 0 Å². The summed E-state index contributed by atoms with van der Waals surface area (Å²) < 4.78 is 4.95. The van der Waals surface area contributed by atoms with Crippen molar-refractivity contribution in [1.29, 1.82) is 0 Å². The number of rotatable bonds is 5. The van der Waals surface area contributed by atoms with Crippen LogP contribution in [-0.2, 0) is 14.3 Å². The topological polar surface area (TPSA) is 91.8 Å². The quantitative estimate of drug-likeness (QED) is 0.781. The van der Waals surface area contributed by atoms with Crippen molar-refractivity contribution in [3.8, 4) is 0 Å². The average Bonchev–Trinajstić information content (AvgIpc) is 2.82. The Morgan fingerprint density at radius 1 is 1.28 bits per heavy atom. The van der Waals surface area contributed by atoms with Crippen molar-refractivity contribution < 1.29 is 19.1 Å². The summed E-state index contributed by atoms with van der Waals surface area (Å²) in [5.41, 5.74) is 1.65. The van der Waals surface area contributed by atoms with Gasteiger partial charge in [-0.3, -0.25) is 9.59 Å². The van der Waals surface area contributed by atoms with Crippen LogP contribution in [0.2, 0.25) is 0 Å². The number of hydrogen-bond acceptors (Lipinski definition) is 6. The largest absolute Gasteiger partial charge is 0.462 e. The number of pyridine rings is 1. The van der Waals surface area contributed by atoms with E-state index < -0.39 is 5.97 Å². The van der Waals surface area contributed by atoms with Crippen molar-refractivity contribution in [1.82, 2.24) is 4.98 Å². The molecule has 0 radical (unpaired) electrons. The van der Waals surface area contributed by atoms with Gasteiger partial charge in [-0.25, -0.2) is 9.78 Å². The second kappa shape index (κ2) is 8.72. The van der Waals surface area contributed by atoms with E-state index in [1.807, 2.05) is 25.1 Å². The van der Waals surface area contributed by atoms with Gasteiger partial charge in [0.15, 0.2) is 0 Å². The molecule has 1 N–H and O–H groups in total. The first-order valence-electron chi connectivity index (χ1n) is 9.46. The first-order valence-corrected chi connectivity index (χ1v) is 9.46. The molecule has 1 atom stereocenters. The van der Waals surface area contributed by atoms with E-state index in [4.69, 9.17) is 4.74 Å². The molecule has 152 valence electrons. The molecule has 2 aromatic rings. The molecule has 2 amide bonds. The average molecular weight is 396 g/mol. The number of anilines is 3. The van der Waals surface area contributed by atoms with Crippen molar-refractivity contribution in [2.45, 2.75) is 26.3 Å². The van der Waals surface area contributed by atoms with Gasteiger partial charge in [-0.15, -0.1) is 0 Å². The molecule has 0 saturated heterocycles. The molecule has 0 saturated carbocycles. The van der Waals surface area contributed by atoms with Crippen molar-refractivity contribution in [2.24, 2.45) is 0 Å². The van der Waals surface area contributed by atoms with Crippen molar-refractivity contribution in [3.63, 3.8) is 0 Å². The van der Waals surface area contributed by atoms with Crippen LogP contribution in [0.5, 0.6) is 0 Å². The molecule has 1 aliphatic heterocycles. The summed E-state index contributed by atoms with van der Waals surface area (Å²) in [5.74, 6) is -0.154. The van der Waals surface area contributed by atoms with E-state index in [2.05, 4.69) is 10.3 Å². The summed E-state index contributed by atoms with van der Waals surface area (Å²) in [6, 6.07) is 10.3. The van der Waals surface area contributed by atoms with Crippen LogP contribution in [0.4, 0.5) is 17.2 Å². The highest BCUT2D eigenvalue weighted by Crippen LogP contribution is 2.31. The van der Waals surface area contributed by atoms with E-state index in [-0.39, 0.29) is 30.8 Å². The van der Waals surface area contributed by atoms with E-state index in [9.17, 15) is 14.4 Å². The second-order valence-corrected chi connectivity index (χ2v) is 6.86. The molecule has 0 unspecified atom stereocenters. The molecule has 1 aliphatic rings. The highest BCUT2D eigenvalue weighted by Gasteiger charge is 2.30. The summed E-state index contributed by atoms with van der Waals surface area (Å²) in [4.78, 5) is 44.6. The van der Waals surface area contributed by atoms with Gasteiger partial charge in [0, 0.05) is 25.7 Å². The fourth-order valence-electron chi connectivity index (χ4n) is 3.27. The third-order valence-corrected chi connectivity index (χ3v) is 4.65. The Balaban J connectivity index is 1.77. The van der Waals surface area contributed by atoms with Crippen LogP contribution in [0.3, 0.4) is 0 Å². The molecule has 29 heavy (non-hydrogen) atoms. The Hall–Kier alpha value is -3.42. The maximum absolute atomic E-state index is 13.1. The number of carbonyl (C=O) groups is 3. The van der Waals surface area contributed by atoms with Gasteiger partial charge < -0.3 is 19.9 Å². The Morgan fingerprint density at radius 2 is 2.03 bits per heavy atom. The van der Waals surface area contributed by atoms with Gasteiger partial charge in [-0.2, -0.15) is 0 Å². The number of nitrogens with one attached hydrogen (secondary N) is 1. The van der Waals surface area contributed by atoms with Crippen LogP contribution in [0, 0.1) is 0 Å². The minimum atomic E-state index is -0.433. The van der Waals surface area contributed by atoms with Crippen molar-refractivity contribution in [3.05, 3.63) is 48.2 Å². The minimum absolute atomic E-state index is 0.0681. The number of aromatic nitrogens is 1. The number of hydrogen-bond donors (Lipinski definition) is 1. The summed E-state index contributed by atoms with van der Waals surface area (Å²) >= 11 is 0. The van der Waals surface area contributed by atoms with Crippen molar-refractivity contribution in [2.75, 3.05) is 35.3 Å². The number of benzene rings is 1. The molecule has 8 nitrogen and oxygen atoms in total. The van der Waals surface area contributed by atoms with Gasteiger partial charge in [0.05, 0.1) is 30.1 Å². The van der Waals surface area contributed by atoms with E-state index in [1.165, 1.54) is 6.20 Å². The maximum Gasteiger partial charge on any atom is 0.339 e. The van der Waals surface area contributed by atoms with E-state index in [0.29, 0.717) is 29.4 Å². The molecule has 1 aromatic carbocycles. The fraction of sp³-hybridized carbons (Fsp3) is 0.333. The molecule has 0 spiro atoms. The number of nitrogens with zero attached hydrogens (tertiary/aromatic N) is 3. The second-order valence-electron chi connectivity index (χ2n) is 6.86. The minimum Gasteiger partial charge on any atom is -0.462 e. The summed E-state index contributed by atoms with van der Waals surface area (Å²) in [5, 5.41) is 2.85. The first-order chi connectivity index (χ1) is 13.9. The fourth-order valence-corrected chi connectivity index (χ4v) is 3.27. The Bertz CT molecular complexity index is 913. The molecule has 1 aromatic heterocycles. The lowest BCUT2D eigenvalue weighted by molar-refractivity contribution is -0.118. The first kappa shape index (κ1) is 20.3. The van der Waals surface area contributed by atoms with Gasteiger partial charge in [-0.05, 0) is 38.1 Å². The van der Waals surface area contributed by atoms with E-state index in [0.717, 1.165) is 0 Å². The number of fused-ring (bicyclic) bond motifs is 1. The zero-order chi connectivity index (χ0) is 21.0. The molecule has 0 bridgehead atoms. The molecule has 0 fully saturated rings. The van der Waals surface area contributed by atoms with Gasteiger partial charge in [-0.1, -0.05) is 12.1 Å². The van der Waals surface area contributed by atoms with Crippen LogP contribution < -0.4 is 15.1 Å². The Morgan fingerprint density at radius 3 is 2.72 bits per heavy atom. The number of esters is 1. The van der Waals surface area contributed by atoms with Crippen molar-refractivity contribution >= 4 is 35.0 Å². The molecule has 2 heterocycles. The molecular formula is C21H24N4O4.